The van der Waals surface area contributed by atoms with Gasteiger partial charge < -0.3 is 0 Å². The molecule has 0 fully saturated rings. The van der Waals surface area contributed by atoms with Crippen molar-refractivity contribution < 1.29 is 0 Å². The summed E-state index contributed by atoms with van der Waals surface area (Å²) in [5.74, 6) is 2.21. The number of hydrogen-bond donors (Lipinski definition) is 0. The molecule has 0 atom stereocenters. The highest BCUT2D eigenvalue weighted by Gasteiger charge is 2.16. The average molecular weight is 120 g/mol. The first-order valence-corrected chi connectivity index (χ1v) is 3.47. The van der Waals surface area contributed by atoms with E-state index >= 15 is 0 Å². The lowest BCUT2D eigenvalue weighted by Crippen LogP contribution is -2.11. The van der Waals surface area contributed by atoms with Gasteiger partial charge in [0.25, 0.3) is 0 Å². The molecule has 0 N–H and O–H groups in total. The minimum atomic E-state index is 0.378. The van der Waals surface area contributed by atoms with E-state index in [2.05, 4.69) is 38.9 Å². The summed E-state index contributed by atoms with van der Waals surface area (Å²) in [6.45, 7) is 6.77. The molecule has 0 amide bonds. The van der Waals surface area contributed by atoms with Crippen molar-refractivity contribution in [2.24, 2.45) is 5.41 Å². The van der Waals surface area contributed by atoms with Crippen molar-refractivity contribution >= 4 is 7.28 Å². The van der Waals surface area contributed by atoms with Gasteiger partial charge in [0, 0.05) is 0 Å². The summed E-state index contributed by atoms with van der Waals surface area (Å²) in [7, 11) is 1.16. The molecule has 1 rings (SSSR count). The third-order valence-electron chi connectivity index (χ3n) is 1.73. The Morgan fingerprint density at radius 1 is 1.33 bits per heavy atom. The molecule has 1 aliphatic rings. The summed E-state index contributed by atoms with van der Waals surface area (Å²) in [5.41, 5.74) is 1.92. The fourth-order valence-corrected chi connectivity index (χ4v) is 1.00. The van der Waals surface area contributed by atoms with Crippen LogP contribution < -0.4 is 0 Å². The summed E-state index contributed by atoms with van der Waals surface area (Å²) >= 11 is 0. The smallest absolute Gasteiger partial charge is 0.114 e. The van der Waals surface area contributed by atoms with Gasteiger partial charge in [0.2, 0.25) is 0 Å². The lowest BCUT2D eigenvalue weighted by atomic mass is 9.62. The van der Waals surface area contributed by atoms with Crippen molar-refractivity contribution in [1.82, 2.24) is 0 Å². The quantitative estimate of drug-likeness (QED) is 0.428. The van der Waals surface area contributed by atoms with Gasteiger partial charge in [0.15, 0.2) is 7.28 Å². The van der Waals surface area contributed by atoms with E-state index in [1.165, 1.54) is 0 Å². The Kier molecular flexibility index (Phi) is 1.52. The van der Waals surface area contributed by atoms with Crippen LogP contribution in [0.3, 0.4) is 0 Å². The predicted octanol–water partition coefficient (Wildman–Crippen LogP) is 1.88. The Bertz CT molecular complexity index is 158. The van der Waals surface area contributed by atoms with Crippen LogP contribution in [0.1, 0.15) is 20.8 Å². The highest BCUT2D eigenvalue weighted by atomic mass is 14.1. The second-order valence-electron chi connectivity index (χ2n) is 3.57. The Morgan fingerprint density at radius 2 is 2.00 bits per heavy atom. The van der Waals surface area contributed by atoms with Crippen LogP contribution >= 0.6 is 0 Å². The SMILES string of the molecule is CC(C)(C)C1=CC=CB1. The van der Waals surface area contributed by atoms with E-state index in [4.69, 9.17) is 0 Å². The number of allylic oxidation sites excluding steroid dienone is 3. The molecule has 0 saturated carbocycles. The van der Waals surface area contributed by atoms with Crippen LogP contribution in [0.5, 0.6) is 0 Å². The summed E-state index contributed by atoms with van der Waals surface area (Å²) < 4.78 is 0. The lowest BCUT2D eigenvalue weighted by molar-refractivity contribution is 0.530. The third-order valence-corrected chi connectivity index (χ3v) is 1.73. The van der Waals surface area contributed by atoms with Crippen molar-refractivity contribution in [2.75, 3.05) is 0 Å². The predicted molar refractivity (Wildman–Crippen MR) is 43.8 cm³/mol. The molecule has 0 aromatic carbocycles. The van der Waals surface area contributed by atoms with E-state index in [9.17, 15) is 0 Å². The van der Waals surface area contributed by atoms with Crippen LogP contribution in [0, 0.1) is 5.41 Å². The summed E-state index contributed by atoms with van der Waals surface area (Å²) in [6.07, 6.45) is 4.36. The Hall–Kier alpha value is -0.455. The Labute approximate surface area is 57.9 Å². The van der Waals surface area contributed by atoms with Crippen LogP contribution in [0.2, 0.25) is 0 Å². The molecule has 1 heterocycles. The average Bonchev–Trinajstić information content (AvgIpc) is 2.08. The molecule has 48 valence electrons. The maximum atomic E-state index is 2.26. The zero-order valence-electron chi connectivity index (χ0n) is 6.44. The third kappa shape index (κ3) is 1.47. The van der Waals surface area contributed by atoms with Crippen LogP contribution in [0.15, 0.2) is 23.6 Å². The van der Waals surface area contributed by atoms with Gasteiger partial charge in [-0.3, -0.25) is 0 Å². The minimum Gasteiger partial charge on any atom is -0.114 e. The second-order valence-corrected chi connectivity index (χ2v) is 3.57. The summed E-state index contributed by atoms with van der Waals surface area (Å²) in [6, 6.07) is 0. The molecule has 1 heteroatoms. The molecule has 0 aromatic rings. The largest absolute Gasteiger partial charge is 0.178 e. The molecule has 0 spiro atoms. The van der Waals surface area contributed by atoms with Crippen molar-refractivity contribution in [1.29, 1.82) is 0 Å². The molecule has 0 unspecified atom stereocenters. The molecule has 1 aliphatic heterocycles. The van der Waals surface area contributed by atoms with Gasteiger partial charge in [-0.15, -0.1) is 5.98 Å². The van der Waals surface area contributed by atoms with E-state index in [-0.39, 0.29) is 0 Å². The van der Waals surface area contributed by atoms with E-state index in [0.717, 1.165) is 7.28 Å². The minimum absolute atomic E-state index is 0.378. The van der Waals surface area contributed by atoms with Gasteiger partial charge in [-0.1, -0.05) is 38.4 Å². The fraction of sp³-hybridized carbons (Fsp3) is 0.500. The first-order chi connectivity index (χ1) is 4.11. The zero-order valence-corrected chi connectivity index (χ0v) is 6.44. The van der Waals surface area contributed by atoms with Crippen LogP contribution in [0.4, 0.5) is 0 Å². The van der Waals surface area contributed by atoms with Gasteiger partial charge in [0.1, 0.15) is 0 Å². The maximum absolute atomic E-state index is 2.26. The monoisotopic (exact) mass is 120 g/mol. The Morgan fingerprint density at radius 3 is 2.22 bits per heavy atom. The fourth-order valence-electron chi connectivity index (χ4n) is 1.00. The lowest BCUT2D eigenvalue weighted by Gasteiger charge is -2.19. The molecular formula is C8H13B. The first kappa shape index (κ1) is 6.66. The molecule has 0 nitrogen and oxygen atoms in total. The van der Waals surface area contributed by atoms with Gasteiger partial charge in [-0.25, -0.2) is 0 Å². The number of hydrogen-bond acceptors (Lipinski definition) is 0. The maximum Gasteiger partial charge on any atom is 0.178 e. The molecule has 9 heavy (non-hydrogen) atoms. The molecule has 0 saturated heterocycles. The summed E-state index contributed by atoms with van der Waals surface area (Å²) in [5, 5.41) is 0. The van der Waals surface area contributed by atoms with Gasteiger partial charge >= 0.3 is 0 Å². The normalized spacial score (nSPS) is 17.4. The van der Waals surface area contributed by atoms with E-state index < -0.39 is 0 Å². The molecule has 0 aromatic heterocycles. The van der Waals surface area contributed by atoms with Gasteiger partial charge in [-0.2, -0.15) is 0 Å². The topological polar surface area (TPSA) is 0 Å². The molecular weight excluding hydrogens is 107 g/mol. The van der Waals surface area contributed by atoms with Gasteiger partial charge in [-0.05, 0) is 5.41 Å². The van der Waals surface area contributed by atoms with E-state index in [1.807, 2.05) is 0 Å². The highest BCUT2D eigenvalue weighted by Crippen LogP contribution is 2.26. The summed E-state index contributed by atoms with van der Waals surface area (Å²) in [4.78, 5) is 0. The number of rotatable bonds is 0. The molecule has 0 bridgehead atoms. The van der Waals surface area contributed by atoms with Crippen LogP contribution in [-0.4, -0.2) is 7.28 Å². The van der Waals surface area contributed by atoms with Gasteiger partial charge in [0.05, 0.1) is 0 Å². The van der Waals surface area contributed by atoms with Crippen LogP contribution in [0.25, 0.3) is 0 Å². The molecule has 0 radical (unpaired) electrons. The zero-order chi connectivity index (χ0) is 6.91. The standard InChI is InChI=1S/C8H13B/c1-8(2,3)7-5-4-6-9-7/h4-6,9H,1-3H3. The molecule has 0 aliphatic carbocycles. The van der Waals surface area contributed by atoms with Crippen molar-refractivity contribution in [3.63, 3.8) is 0 Å². The van der Waals surface area contributed by atoms with Crippen LogP contribution in [-0.2, 0) is 0 Å². The van der Waals surface area contributed by atoms with Crippen molar-refractivity contribution in [3.8, 4) is 0 Å². The van der Waals surface area contributed by atoms with E-state index in [0.29, 0.717) is 5.41 Å². The van der Waals surface area contributed by atoms with E-state index in [1.54, 1.807) is 5.47 Å². The first-order valence-electron chi connectivity index (χ1n) is 3.47. The highest BCUT2D eigenvalue weighted by molar-refractivity contribution is 6.52. The van der Waals surface area contributed by atoms with Crippen molar-refractivity contribution in [3.05, 3.63) is 23.6 Å². The second kappa shape index (κ2) is 2.05. The van der Waals surface area contributed by atoms with Crippen molar-refractivity contribution in [2.45, 2.75) is 20.8 Å². The Balaban J connectivity index is 2.66.